The van der Waals surface area contributed by atoms with Crippen molar-refractivity contribution in [2.45, 2.75) is 51.4 Å². The van der Waals surface area contributed by atoms with Gasteiger partial charge >= 0.3 is 8.16 Å². The van der Waals surface area contributed by atoms with Crippen LogP contribution in [-0.2, 0) is 25.7 Å². The standard InChI is InChI=1S/C24H28NO2PS/c1-3-7-19-17(5-1)9-11-21-23(19)24-20-8-4-2-6-18(20)10-12-22(24)27-28(26-21)25-13-15-29-16-14-25/h9-12H,1-8,13-16H2. The Balaban J connectivity index is 1.73. The van der Waals surface area contributed by atoms with Gasteiger partial charge in [0.2, 0.25) is 0 Å². The van der Waals surface area contributed by atoms with Crippen LogP contribution >= 0.6 is 19.9 Å². The van der Waals surface area contributed by atoms with Crippen molar-refractivity contribution in [1.29, 1.82) is 0 Å². The zero-order chi connectivity index (χ0) is 19.2. The maximum absolute atomic E-state index is 6.70. The highest BCUT2D eigenvalue weighted by atomic mass is 32.2. The van der Waals surface area contributed by atoms with Gasteiger partial charge in [0.25, 0.3) is 0 Å². The van der Waals surface area contributed by atoms with Gasteiger partial charge in [-0.3, -0.25) is 0 Å². The van der Waals surface area contributed by atoms with Crippen molar-refractivity contribution < 1.29 is 8.39 Å². The van der Waals surface area contributed by atoms with E-state index in [9.17, 15) is 0 Å². The normalized spacial score (nSPS) is 19.9. The van der Waals surface area contributed by atoms with E-state index in [-0.39, 0.29) is 0 Å². The second-order valence-corrected chi connectivity index (χ2v) is 11.2. The molecule has 6 rings (SSSR count). The van der Waals surface area contributed by atoms with Crippen molar-refractivity contribution >= 4 is 41.9 Å². The van der Waals surface area contributed by atoms with Crippen LogP contribution in [0.3, 0.4) is 0 Å². The summed E-state index contributed by atoms with van der Waals surface area (Å²) < 4.78 is 15.8. The van der Waals surface area contributed by atoms with Gasteiger partial charge in [0.05, 0.1) is 0 Å². The monoisotopic (exact) mass is 425 g/mol. The van der Waals surface area contributed by atoms with Crippen molar-refractivity contribution in [2.24, 2.45) is 0 Å². The van der Waals surface area contributed by atoms with Crippen molar-refractivity contribution in [3.05, 3.63) is 46.5 Å². The number of fused-ring (bicyclic) bond motifs is 7. The molecule has 0 radical (unpaired) electrons. The number of hydrogen-bond acceptors (Lipinski definition) is 4. The van der Waals surface area contributed by atoms with Gasteiger partial charge in [-0.25, -0.2) is 4.67 Å². The molecule has 152 valence electrons. The third-order valence-corrected chi connectivity index (χ3v) is 9.32. The topological polar surface area (TPSA) is 29.5 Å². The molecule has 5 heteroatoms. The molecule has 3 aromatic rings. The zero-order valence-electron chi connectivity index (χ0n) is 16.9. The molecule has 0 bridgehead atoms. The molecule has 0 N–H and O–H groups in total. The van der Waals surface area contributed by atoms with Crippen molar-refractivity contribution in [3.63, 3.8) is 0 Å². The van der Waals surface area contributed by atoms with Crippen LogP contribution in [0.15, 0.2) is 32.7 Å². The summed E-state index contributed by atoms with van der Waals surface area (Å²) in [6.07, 6.45) is 9.92. The van der Waals surface area contributed by atoms with Gasteiger partial charge in [-0.15, -0.1) is 0 Å². The number of hydrogen-bond donors (Lipinski definition) is 0. The Kier molecular flexibility index (Phi) is 4.91. The maximum atomic E-state index is 6.70. The average molecular weight is 426 g/mol. The summed E-state index contributed by atoms with van der Waals surface area (Å²) in [4.78, 5) is 0. The fourth-order valence-electron chi connectivity index (χ4n) is 5.33. The van der Waals surface area contributed by atoms with Crippen LogP contribution in [0.4, 0.5) is 0 Å². The molecule has 0 spiro atoms. The summed E-state index contributed by atoms with van der Waals surface area (Å²) in [6.45, 7) is 2.10. The summed E-state index contributed by atoms with van der Waals surface area (Å²) in [5, 5.41) is 2.74. The van der Waals surface area contributed by atoms with Gasteiger partial charge in [0, 0.05) is 35.4 Å². The molecule has 1 aromatic heterocycles. The number of nitrogens with zero attached hydrogens (tertiary/aromatic N) is 1. The summed E-state index contributed by atoms with van der Waals surface area (Å²) >= 11 is 2.03. The molecule has 2 aliphatic carbocycles. The minimum Gasteiger partial charge on any atom is -0.408 e. The van der Waals surface area contributed by atoms with Crippen LogP contribution in [0, 0.1) is 0 Å². The highest BCUT2D eigenvalue weighted by molar-refractivity contribution is 7.99. The smallest absolute Gasteiger partial charge is 0.309 e. The van der Waals surface area contributed by atoms with E-state index < -0.39 is 8.16 Å². The van der Waals surface area contributed by atoms with Gasteiger partial charge in [-0.1, -0.05) is 12.1 Å². The van der Waals surface area contributed by atoms with Crippen LogP contribution in [0.5, 0.6) is 0 Å². The van der Waals surface area contributed by atoms with E-state index in [1.807, 2.05) is 11.8 Å². The van der Waals surface area contributed by atoms with Gasteiger partial charge in [0.1, 0.15) is 11.2 Å². The molecule has 0 saturated carbocycles. The Bertz CT molecular complexity index is 1040. The average Bonchev–Trinajstić information content (AvgIpc) is 2.97. The number of aryl methyl sites for hydroxylation is 4. The molecular formula is C24H28NO2PS. The second kappa shape index (κ2) is 7.72. The predicted octanol–water partition coefficient (Wildman–Crippen LogP) is 6.73. The summed E-state index contributed by atoms with van der Waals surface area (Å²) in [5.41, 5.74) is 8.24. The number of rotatable bonds is 1. The summed E-state index contributed by atoms with van der Waals surface area (Å²) in [7, 11) is -1.10. The van der Waals surface area contributed by atoms with Gasteiger partial charge in [-0.05, 0) is 85.8 Å². The molecule has 3 aliphatic rings. The maximum Gasteiger partial charge on any atom is 0.309 e. The Morgan fingerprint density at radius 1 is 0.690 bits per heavy atom. The summed E-state index contributed by atoms with van der Waals surface area (Å²) in [5.74, 6) is 2.33. The van der Waals surface area contributed by atoms with E-state index in [1.54, 1.807) is 0 Å². The van der Waals surface area contributed by atoms with E-state index in [0.29, 0.717) is 0 Å². The highest BCUT2D eigenvalue weighted by Crippen LogP contribution is 2.43. The molecule has 1 saturated heterocycles. The molecule has 2 heterocycles. The van der Waals surface area contributed by atoms with Crippen LogP contribution < -0.4 is 4.67 Å². The summed E-state index contributed by atoms with van der Waals surface area (Å²) in [6, 6.07) is 9.14. The lowest BCUT2D eigenvalue weighted by molar-refractivity contribution is 0.622. The third-order valence-electron chi connectivity index (χ3n) is 6.81. The van der Waals surface area contributed by atoms with Crippen LogP contribution in [0.2, 0.25) is 0 Å². The fourth-order valence-corrected chi connectivity index (χ4v) is 7.94. The number of benzene rings is 2. The molecule has 0 atom stereocenters. The Morgan fingerprint density at radius 3 is 1.76 bits per heavy atom. The van der Waals surface area contributed by atoms with E-state index in [0.717, 1.165) is 24.3 Å². The van der Waals surface area contributed by atoms with Crippen LogP contribution in [-0.4, -0.2) is 24.6 Å². The van der Waals surface area contributed by atoms with E-state index in [4.69, 9.17) is 8.39 Å². The van der Waals surface area contributed by atoms with E-state index in [1.165, 1.54) is 95.9 Å². The largest absolute Gasteiger partial charge is 0.408 e. The zero-order valence-corrected chi connectivity index (χ0v) is 18.6. The van der Waals surface area contributed by atoms with Crippen molar-refractivity contribution in [1.82, 2.24) is 0 Å². The Morgan fingerprint density at radius 2 is 1.21 bits per heavy atom. The first-order valence-electron chi connectivity index (χ1n) is 11.2. The van der Waals surface area contributed by atoms with E-state index in [2.05, 4.69) is 28.9 Å². The van der Waals surface area contributed by atoms with Crippen molar-refractivity contribution in [2.75, 3.05) is 29.3 Å². The van der Waals surface area contributed by atoms with Crippen molar-refractivity contribution in [3.8, 4) is 0 Å². The number of thioether (sulfide) groups is 1. The minimum atomic E-state index is -1.10. The molecule has 1 aliphatic heterocycles. The fraction of sp³-hybridized carbons (Fsp3) is 0.500. The lowest BCUT2D eigenvalue weighted by atomic mass is 9.84. The molecule has 0 unspecified atom stereocenters. The van der Waals surface area contributed by atoms with E-state index >= 15 is 0 Å². The lowest BCUT2D eigenvalue weighted by Gasteiger charge is -2.22. The quantitative estimate of drug-likeness (QED) is 0.432. The Labute approximate surface area is 177 Å². The highest BCUT2D eigenvalue weighted by Gasteiger charge is 2.23. The molecule has 0 amide bonds. The predicted molar refractivity (Wildman–Crippen MR) is 125 cm³/mol. The molecule has 1 fully saturated rings. The molecule has 3 nitrogen and oxygen atoms in total. The van der Waals surface area contributed by atoms with Gasteiger partial charge in [-0.2, -0.15) is 11.8 Å². The SMILES string of the molecule is c1cc2op(N3CCSCC3)oc3ccc4c(c3c2c2c1CCCC2)CCCC4. The second-order valence-electron chi connectivity index (χ2n) is 8.55. The van der Waals surface area contributed by atoms with Gasteiger partial charge in [0.15, 0.2) is 0 Å². The first kappa shape index (κ1) is 18.4. The van der Waals surface area contributed by atoms with Crippen LogP contribution in [0.25, 0.3) is 21.9 Å². The lowest BCUT2D eigenvalue weighted by Crippen LogP contribution is -2.29. The third kappa shape index (κ3) is 3.24. The molecule has 29 heavy (non-hydrogen) atoms. The molecule has 2 aromatic carbocycles. The van der Waals surface area contributed by atoms with Crippen LogP contribution in [0.1, 0.15) is 47.9 Å². The molecular weight excluding hydrogens is 397 g/mol. The van der Waals surface area contributed by atoms with Gasteiger partial charge < -0.3 is 8.39 Å². The Hall–Kier alpha value is -1.35. The first-order valence-corrected chi connectivity index (χ1v) is 13.5. The minimum absolute atomic E-state index is 1.05. The first-order chi connectivity index (χ1) is 14.4.